The smallest absolute Gasteiger partial charge is 0.246 e. The van der Waals surface area contributed by atoms with Crippen molar-refractivity contribution in [3.8, 4) is 28.4 Å². The van der Waals surface area contributed by atoms with Crippen LogP contribution in [0.25, 0.3) is 33.5 Å². The number of pyridine rings is 1. The van der Waals surface area contributed by atoms with Crippen LogP contribution >= 0.6 is 0 Å². The van der Waals surface area contributed by atoms with Gasteiger partial charge >= 0.3 is 0 Å². The second-order valence-electron chi connectivity index (χ2n) is 10.2. The summed E-state index contributed by atoms with van der Waals surface area (Å²) in [4.78, 5) is 18.6. The van der Waals surface area contributed by atoms with Crippen molar-refractivity contribution in [2.75, 3.05) is 11.6 Å². The quantitative estimate of drug-likeness (QED) is 0.291. The highest BCUT2D eigenvalue weighted by Crippen LogP contribution is 2.41. The van der Waals surface area contributed by atoms with Gasteiger partial charge in [-0.2, -0.15) is 4.98 Å². The number of nitrogens with one attached hydrogen (secondary N) is 1. The lowest BCUT2D eigenvalue weighted by molar-refractivity contribution is 0.194. The predicted octanol–water partition coefficient (Wildman–Crippen LogP) is 5.04. The van der Waals surface area contributed by atoms with Crippen LogP contribution < -0.4 is 10.1 Å². The van der Waals surface area contributed by atoms with Gasteiger partial charge in [0, 0.05) is 25.4 Å². The van der Waals surface area contributed by atoms with E-state index in [0.29, 0.717) is 40.7 Å². The van der Waals surface area contributed by atoms with E-state index in [9.17, 15) is 8.42 Å². The molecule has 9 nitrogen and oxygen atoms in total. The van der Waals surface area contributed by atoms with E-state index in [1.807, 2.05) is 36.0 Å². The van der Waals surface area contributed by atoms with Gasteiger partial charge in [-0.25, -0.2) is 23.4 Å². The minimum Gasteiger partial charge on any atom is -0.470 e. The lowest BCUT2D eigenvalue weighted by Crippen LogP contribution is -2.15. The summed E-state index contributed by atoms with van der Waals surface area (Å²) in [5.41, 5.74) is 5.46. The number of benzene rings is 2. The van der Waals surface area contributed by atoms with Crippen molar-refractivity contribution in [3.63, 3.8) is 0 Å². The maximum atomic E-state index is 12.1. The molecule has 198 valence electrons. The second kappa shape index (κ2) is 9.46. The van der Waals surface area contributed by atoms with E-state index < -0.39 is 9.84 Å². The van der Waals surface area contributed by atoms with E-state index in [1.165, 1.54) is 6.26 Å². The summed E-state index contributed by atoms with van der Waals surface area (Å²) in [5.74, 6) is 0.862. The molecule has 1 N–H and O–H groups in total. The van der Waals surface area contributed by atoms with Gasteiger partial charge in [-0.3, -0.25) is 0 Å². The van der Waals surface area contributed by atoms with Crippen molar-refractivity contribution in [3.05, 3.63) is 78.8 Å². The Hall–Kier alpha value is -4.31. The number of ether oxygens (including phenoxy) is 1. The zero-order chi connectivity index (χ0) is 27.2. The van der Waals surface area contributed by atoms with Crippen LogP contribution in [0.2, 0.25) is 0 Å². The normalized spacial score (nSPS) is 14.3. The Labute approximate surface area is 226 Å². The van der Waals surface area contributed by atoms with Crippen molar-refractivity contribution in [2.45, 2.75) is 36.8 Å². The molecule has 3 heterocycles. The van der Waals surface area contributed by atoms with Gasteiger partial charge in [-0.15, -0.1) is 0 Å². The van der Waals surface area contributed by atoms with Gasteiger partial charge in [0.2, 0.25) is 11.8 Å². The van der Waals surface area contributed by atoms with Crippen LogP contribution in [0.15, 0.2) is 78.1 Å². The first-order chi connectivity index (χ1) is 18.7. The lowest BCUT2D eigenvalue weighted by Gasteiger charge is -2.15. The molecule has 1 saturated carbocycles. The molecule has 1 aliphatic rings. The third kappa shape index (κ3) is 5.33. The molecule has 0 saturated heterocycles. The van der Waals surface area contributed by atoms with Gasteiger partial charge in [0.25, 0.3) is 0 Å². The number of anilines is 1. The zero-order valence-electron chi connectivity index (χ0n) is 21.9. The Morgan fingerprint density at radius 1 is 1.00 bits per heavy atom. The molecule has 0 unspecified atom stereocenters. The first-order valence-electron chi connectivity index (χ1n) is 12.6. The topological polar surface area (TPSA) is 112 Å². The lowest BCUT2D eigenvalue weighted by atomic mass is 10.1. The fourth-order valence-electron chi connectivity index (χ4n) is 4.31. The minimum atomic E-state index is -3.34. The van der Waals surface area contributed by atoms with Crippen LogP contribution in [0.1, 0.15) is 25.3 Å². The largest absolute Gasteiger partial charge is 0.470 e. The second-order valence-corrected chi connectivity index (χ2v) is 12.2. The average Bonchev–Trinajstić information content (AvgIpc) is 3.49. The molecule has 1 aliphatic carbocycles. The number of rotatable bonds is 8. The number of imidazole rings is 1. The molecular formula is C29H28N6O3S. The maximum Gasteiger partial charge on any atom is 0.246 e. The van der Waals surface area contributed by atoms with E-state index in [4.69, 9.17) is 14.7 Å². The molecule has 0 bridgehead atoms. The van der Waals surface area contributed by atoms with Crippen molar-refractivity contribution in [2.24, 2.45) is 7.05 Å². The molecule has 0 spiro atoms. The average molecular weight is 541 g/mol. The summed E-state index contributed by atoms with van der Waals surface area (Å²) in [6.45, 7) is 2.59. The van der Waals surface area contributed by atoms with Crippen molar-refractivity contribution in [1.82, 2.24) is 24.5 Å². The fourth-order valence-corrected chi connectivity index (χ4v) is 4.97. The monoisotopic (exact) mass is 540 g/mol. The van der Waals surface area contributed by atoms with E-state index in [-0.39, 0.29) is 10.5 Å². The third-order valence-corrected chi connectivity index (χ3v) is 7.99. The standard InChI is InChI=1S/C29H28N6O3S/c1-29(13-14-29)38-27-26-24(12-11-23(32-26)21-5-4-6-22(15-21)39(3,36)37)33-28(34-27)31-16-19-7-9-20(10-8-19)25-17-30-18-35(25)2/h4-12,15,17-18H,13-14,16H2,1-3H3,(H,31,33,34). The summed E-state index contributed by atoms with van der Waals surface area (Å²) in [7, 11) is -1.37. The fraction of sp³-hybridized carbons (Fsp3) is 0.241. The van der Waals surface area contributed by atoms with Gasteiger partial charge in [0.1, 0.15) is 5.60 Å². The minimum absolute atomic E-state index is 0.244. The van der Waals surface area contributed by atoms with Crippen molar-refractivity contribution in [1.29, 1.82) is 0 Å². The summed E-state index contributed by atoms with van der Waals surface area (Å²) in [5, 5.41) is 3.32. The number of sulfone groups is 1. The molecule has 5 aromatic rings. The summed E-state index contributed by atoms with van der Waals surface area (Å²) in [6, 6.07) is 18.7. The Kier molecular flexibility index (Phi) is 6.06. The van der Waals surface area contributed by atoms with E-state index in [2.05, 4.69) is 46.5 Å². The predicted molar refractivity (Wildman–Crippen MR) is 150 cm³/mol. The Balaban J connectivity index is 1.29. The van der Waals surface area contributed by atoms with Gasteiger partial charge in [-0.1, -0.05) is 36.4 Å². The summed E-state index contributed by atoms with van der Waals surface area (Å²) in [6.07, 6.45) is 6.72. The van der Waals surface area contributed by atoms with Gasteiger partial charge in [-0.05, 0) is 55.2 Å². The molecule has 1 fully saturated rings. The molecule has 10 heteroatoms. The zero-order valence-corrected chi connectivity index (χ0v) is 22.7. The highest BCUT2D eigenvalue weighted by atomic mass is 32.2. The van der Waals surface area contributed by atoms with Crippen LogP contribution in [-0.2, 0) is 23.4 Å². The maximum absolute atomic E-state index is 12.1. The molecule has 6 rings (SSSR count). The number of aryl methyl sites for hydroxylation is 1. The van der Waals surface area contributed by atoms with Crippen molar-refractivity contribution >= 4 is 26.8 Å². The number of nitrogens with zero attached hydrogens (tertiary/aromatic N) is 5. The molecule has 0 atom stereocenters. The van der Waals surface area contributed by atoms with Gasteiger partial charge in [0.05, 0.1) is 34.3 Å². The summed E-state index contributed by atoms with van der Waals surface area (Å²) < 4.78 is 32.4. The Morgan fingerprint density at radius 3 is 2.49 bits per heavy atom. The molecule has 3 aromatic heterocycles. The van der Waals surface area contributed by atoms with E-state index >= 15 is 0 Å². The number of hydrogen-bond donors (Lipinski definition) is 1. The van der Waals surface area contributed by atoms with Crippen molar-refractivity contribution < 1.29 is 13.2 Å². The van der Waals surface area contributed by atoms with E-state index in [1.54, 1.807) is 24.5 Å². The van der Waals surface area contributed by atoms with Gasteiger partial charge < -0.3 is 14.6 Å². The number of fused-ring (bicyclic) bond motifs is 1. The molecule has 0 radical (unpaired) electrons. The molecule has 39 heavy (non-hydrogen) atoms. The van der Waals surface area contributed by atoms with Crippen LogP contribution in [0, 0.1) is 0 Å². The van der Waals surface area contributed by atoms with Crippen LogP contribution in [0.5, 0.6) is 5.88 Å². The first kappa shape index (κ1) is 25.0. The SMILES string of the molecule is Cn1cncc1-c1ccc(CNc2nc(OC3(C)CC3)c3nc(-c4cccc(S(C)(=O)=O)c4)ccc3n2)cc1. The molecule has 0 amide bonds. The highest BCUT2D eigenvalue weighted by molar-refractivity contribution is 7.90. The van der Waals surface area contributed by atoms with E-state index in [0.717, 1.165) is 29.7 Å². The Morgan fingerprint density at radius 2 is 1.79 bits per heavy atom. The Bertz CT molecular complexity index is 1790. The first-order valence-corrected chi connectivity index (χ1v) is 14.5. The molecule has 0 aliphatic heterocycles. The van der Waals surface area contributed by atoms with Crippen LogP contribution in [0.4, 0.5) is 5.95 Å². The van der Waals surface area contributed by atoms with Crippen LogP contribution in [0.3, 0.4) is 0 Å². The third-order valence-electron chi connectivity index (χ3n) is 6.88. The summed E-state index contributed by atoms with van der Waals surface area (Å²) >= 11 is 0. The number of hydrogen-bond acceptors (Lipinski definition) is 8. The number of aromatic nitrogens is 5. The highest BCUT2D eigenvalue weighted by Gasteiger charge is 2.41. The molecular weight excluding hydrogens is 512 g/mol. The van der Waals surface area contributed by atoms with Gasteiger partial charge in [0.15, 0.2) is 15.4 Å². The molecule has 2 aromatic carbocycles. The van der Waals surface area contributed by atoms with Crippen LogP contribution in [-0.4, -0.2) is 44.8 Å².